The molecule has 94 valence electrons. The third-order valence-electron chi connectivity index (χ3n) is 2.39. The lowest BCUT2D eigenvalue weighted by Crippen LogP contribution is -2.12. The van der Waals surface area contributed by atoms with Gasteiger partial charge < -0.3 is 11.1 Å². The zero-order chi connectivity index (χ0) is 13.1. The molecule has 0 spiro atoms. The molecule has 0 saturated carbocycles. The van der Waals surface area contributed by atoms with Crippen LogP contribution in [0.3, 0.4) is 0 Å². The van der Waals surface area contributed by atoms with E-state index >= 15 is 0 Å². The van der Waals surface area contributed by atoms with Gasteiger partial charge in [-0.25, -0.2) is 9.97 Å². The summed E-state index contributed by atoms with van der Waals surface area (Å²) in [6, 6.07) is 1.50. The number of hydrogen-bond donors (Lipinski definition) is 2. The molecule has 5 nitrogen and oxygen atoms in total. The molecule has 0 bridgehead atoms. The van der Waals surface area contributed by atoms with Crippen LogP contribution in [-0.4, -0.2) is 15.9 Å². The largest absolute Gasteiger partial charge is 0.366 e. The molecule has 2 rings (SSSR count). The molecule has 1 amide bonds. The highest BCUT2D eigenvalue weighted by molar-refractivity contribution is 7.09. The summed E-state index contributed by atoms with van der Waals surface area (Å²) in [7, 11) is 0. The quantitative estimate of drug-likeness (QED) is 0.901. The molecule has 0 aliphatic carbocycles. The van der Waals surface area contributed by atoms with Crippen LogP contribution in [0.1, 0.15) is 20.9 Å². The van der Waals surface area contributed by atoms with Crippen molar-refractivity contribution in [2.24, 2.45) is 5.73 Å². The van der Waals surface area contributed by atoms with Gasteiger partial charge in [-0.1, -0.05) is 11.6 Å². The van der Waals surface area contributed by atoms with Crippen molar-refractivity contribution in [2.75, 3.05) is 5.32 Å². The van der Waals surface area contributed by atoms with E-state index in [2.05, 4.69) is 15.3 Å². The summed E-state index contributed by atoms with van der Waals surface area (Å²) < 4.78 is 0. The molecule has 0 aromatic carbocycles. The maximum atomic E-state index is 11.0. The van der Waals surface area contributed by atoms with E-state index in [1.807, 2.05) is 6.92 Å². The van der Waals surface area contributed by atoms with E-state index in [1.165, 1.54) is 12.3 Å². The van der Waals surface area contributed by atoms with Gasteiger partial charge in [0.25, 0.3) is 0 Å². The molecule has 0 saturated heterocycles. The van der Waals surface area contributed by atoms with Crippen LogP contribution in [-0.2, 0) is 6.54 Å². The van der Waals surface area contributed by atoms with Crippen molar-refractivity contribution in [1.29, 1.82) is 0 Å². The number of aryl methyl sites for hydroxylation is 1. The molecular formula is C11H11ClN4OS. The lowest BCUT2D eigenvalue weighted by Gasteiger charge is -2.07. The third kappa shape index (κ3) is 2.77. The molecule has 0 atom stereocenters. The fourth-order valence-corrected chi connectivity index (χ4v) is 2.31. The SMILES string of the molecule is Cc1ncsc1CNc1ncc(C(N)=O)cc1Cl. The van der Waals surface area contributed by atoms with Crippen LogP contribution in [0.5, 0.6) is 0 Å². The molecule has 7 heteroatoms. The second-order valence-electron chi connectivity index (χ2n) is 3.63. The summed E-state index contributed by atoms with van der Waals surface area (Å²) in [5, 5.41) is 3.47. The summed E-state index contributed by atoms with van der Waals surface area (Å²) >= 11 is 7.57. The number of primary amides is 1. The van der Waals surface area contributed by atoms with Gasteiger partial charge in [-0.2, -0.15) is 0 Å². The maximum absolute atomic E-state index is 11.0. The molecule has 18 heavy (non-hydrogen) atoms. The number of aromatic nitrogens is 2. The topological polar surface area (TPSA) is 80.9 Å². The number of nitrogens with zero attached hydrogens (tertiary/aromatic N) is 2. The number of amides is 1. The molecule has 3 N–H and O–H groups in total. The number of halogens is 1. The van der Waals surface area contributed by atoms with Crippen molar-refractivity contribution < 1.29 is 4.79 Å². The number of carbonyl (C=O) groups excluding carboxylic acids is 1. The Hall–Kier alpha value is -1.66. The minimum atomic E-state index is -0.547. The number of rotatable bonds is 4. The first kappa shape index (κ1) is 12.8. The van der Waals surface area contributed by atoms with Gasteiger partial charge in [0.2, 0.25) is 5.91 Å². The van der Waals surface area contributed by atoms with Crippen LogP contribution in [0.2, 0.25) is 5.02 Å². The Morgan fingerprint density at radius 3 is 2.89 bits per heavy atom. The Morgan fingerprint density at radius 2 is 2.33 bits per heavy atom. The fourth-order valence-electron chi connectivity index (χ4n) is 1.36. The molecule has 0 unspecified atom stereocenters. The third-order valence-corrected chi connectivity index (χ3v) is 3.61. The van der Waals surface area contributed by atoms with E-state index in [0.717, 1.165) is 10.6 Å². The second-order valence-corrected chi connectivity index (χ2v) is 4.98. The molecule has 2 aromatic rings. The molecule has 0 aliphatic rings. The molecule has 0 radical (unpaired) electrons. The van der Waals surface area contributed by atoms with Gasteiger partial charge in [0.05, 0.1) is 28.3 Å². The Morgan fingerprint density at radius 1 is 1.56 bits per heavy atom. The average Bonchev–Trinajstić information content (AvgIpc) is 2.73. The normalized spacial score (nSPS) is 10.3. The fraction of sp³-hybridized carbons (Fsp3) is 0.182. The summed E-state index contributed by atoms with van der Waals surface area (Å²) in [6.07, 6.45) is 1.40. The van der Waals surface area contributed by atoms with Crippen LogP contribution in [0, 0.1) is 6.92 Å². The van der Waals surface area contributed by atoms with Crippen molar-refractivity contribution in [3.05, 3.63) is 38.9 Å². The van der Waals surface area contributed by atoms with Crippen LogP contribution < -0.4 is 11.1 Å². The van der Waals surface area contributed by atoms with E-state index in [-0.39, 0.29) is 0 Å². The number of pyridine rings is 1. The first-order valence-corrected chi connectivity index (χ1v) is 6.42. The summed E-state index contributed by atoms with van der Waals surface area (Å²) in [4.78, 5) is 20.3. The van der Waals surface area contributed by atoms with E-state index in [1.54, 1.807) is 16.8 Å². The Bertz CT molecular complexity index is 584. The minimum Gasteiger partial charge on any atom is -0.366 e. The van der Waals surface area contributed by atoms with Crippen LogP contribution >= 0.6 is 22.9 Å². The van der Waals surface area contributed by atoms with Crippen LogP contribution in [0.25, 0.3) is 0 Å². The van der Waals surface area contributed by atoms with Crippen molar-refractivity contribution >= 4 is 34.7 Å². The van der Waals surface area contributed by atoms with E-state index in [4.69, 9.17) is 17.3 Å². The standard InChI is InChI=1S/C11H11ClN4OS/c1-6-9(18-5-16-6)4-15-11-8(12)2-7(3-14-11)10(13)17/h2-3,5H,4H2,1H3,(H2,13,17)(H,14,15). The van der Waals surface area contributed by atoms with Gasteiger partial charge >= 0.3 is 0 Å². The van der Waals surface area contributed by atoms with Crippen LogP contribution in [0.4, 0.5) is 5.82 Å². The predicted octanol–water partition coefficient (Wildman–Crippen LogP) is 2.21. The number of nitrogens with two attached hydrogens (primary N) is 1. The first-order chi connectivity index (χ1) is 8.58. The van der Waals surface area contributed by atoms with Crippen molar-refractivity contribution in [3.8, 4) is 0 Å². The average molecular weight is 283 g/mol. The molecule has 0 aliphatic heterocycles. The lowest BCUT2D eigenvalue weighted by molar-refractivity contribution is 0.1000. The highest BCUT2D eigenvalue weighted by Gasteiger charge is 2.08. The number of carbonyl (C=O) groups is 1. The highest BCUT2D eigenvalue weighted by Crippen LogP contribution is 2.21. The summed E-state index contributed by atoms with van der Waals surface area (Å²) in [5.74, 6) is -0.0243. The van der Waals surface area contributed by atoms with Gasteiger partial charge in [-0.3, -0.25) is 4.79 Å². The number of thiazole rings is 1. The lowest BCUT2D eigenvalue weighted by atomic mass is 10.2. The van der Waals surface area contributed by atoms with Gasteiger partial charge in [0, 0.05) is 11.1 Å². The minimum absolute atomic E-state index is 0.291. The Labute approximate surface area is 113 Å². The molecule has 2 heterocycles. The molecule has 2 aromatic heterocycles. The monoisotopic (exact) mass is 282 g/mol. The van der Waals surface area contributed by atoms with Gasteiger partial charge in [0.1, 0.15) is 5.82 Å². The van der Waals surface area contributed by atoms with Crippen molar-refractivity contribution in [2.45, 2.75) is 13.5 Å². The Kier molecular flexibility index (Phi) is 3.78. The first-order valence-electron chi connectivity index (χ1n) is 5.16. The van der Waals surface area contributed by atoms with Crippen LogP contribution in [0.15, 0.2) is 17.8 Å². The molecule has 0 fully saturated rings. The summed E-state index contributed by atoms with van der Waals surface area (Å²) in [5.41, 5.74) is 8.20. The van der Waals surface area contributed by atoms with Crippen molar-refractivity contribution in [1.82, 2.24) is 9.97 Å². The second kappa shape index (κ2) is 5.32. The predicted molar refractivity (Wildman–Crippen MR) is 71.9 cm³/mol. The maximum Gasteiger partial charge on any atom is 0.250 e. The zero-order valence-electron chi connectivity index (χ0n) is 9.61. The van der Waals surface area contributed by atoms with E-state index < -0.39 is 5.91 Å². The van der Waals surface area contributed by atoms with Gasteiger partial charge in [0.15, 0.2) is 0 Å². The number of anilines is 1. The van der Waals surface area contributed by atoms with Crippen molar-refractivity contribution in [3.63, 3.8) is 0 Å². The molecular weight excluding hydrogens is 272 g/mol. The van der Waals surface area contributed by atoms with Gasteiger partial charge in [-0.15, -0.1) is 11.3 Å². The van der Waals surface area contributed by atoms with E-state index in [0.29, 0.717) is 22.9 Å². The Balaban J connectivity index is 2.11. The number of hydrogen-bond acceptors (Lipinski definition) is 5. The highest BCUT2D eigenvalue weighted by atomic mass is 35.5. The zero-order valence-corrected chi connectivity index (χ0v) is 11.2. The van der Waals surface area contributed by atoms with Gasteiger partial charge in [-0.05, 0) is 13.0 Å². The summed E-state index contributed by atoms with van der Waals surface area (Å²) in [6.45, 7) is 2.54. The number of nitrogens with one attached hydrogen (secondary N) is 1. The van der Waals surface area contributed by atoms with E-state index in [9.17, 15) is 4.79 Å². The smallest absolute Gasteiger partial charge is 0.250 e.